The summed E-state index contributed by atoms with van der Waals surface area (Å²) in [6.45, 7) is 4.83. The lowest BCUT2D eigenvalue weighted by molar-refractivity contribution is -0.219. The van der Waals surface area contributed by atoms with E-state index in [9.17, 15) is 8.42 Å². The first-order valence-corrected chi connectivity index (χ1v) is 16.9. The van der Waals surface area contributed by atoms with Crippen molar-refractivity contribution in [3.8, 4) is 0 Å². The van der Waals surface area contributed by atoms with Crippen molar-refractivity contribution >= 4 is 44.8 Å². The van der Waals surface area contributed by atoms with Gasteiger partial charge in [-0.1, -0.05) is 72.3 Å². The van der Waals surface area contributed by atoms with E-state index >= 15 is 0 Å². The Labute approximate surface area is 259 Å². The lowest BCUT2D eigenvalue weighted by atomic mass is 9.89. The molecule has 2 atom stereocenters. The van der Waals surface area contributed by atoms with Gasteiger partial charge >= 0.3 is 0 Å². The molecular formula is C35H38ClNO5S. The van der Waals surface area contributed by atoms with Crippen LogP contribution in [0.15, 0.2) is 78.9 Å². The Bertz CT molecular complexity index is 1700. The van der Waals surface area contributed by atoms with E-state index in [0.717, 1.165) is 71.0 Å². The number of halogens is 1. The number of nitrogens with zero attached hydrogens (tertiary/aromatic N) is 1. The van der Waals surface area contributed by atoms with Crippen LogP contribution >= 0.6 is 11.6 Å². The van der Waals surface area contributed by atoms with E-state index < -0.39 is 21.8 Å². The Balaban J connectivity index is 1.35. The van der Waals surface area contributed by atoms with Crippen molar-refractivity contribution in [3.63, 3.8) is 0 Å². The average molecular weight is 620 g/mol. The summed E-state index contributed by atoms with van der Waals surface area (Å²) in [5.41, 5.74) is 4.89. The van der Waals surface area contributed by atoms with Crippen LogP contribution in [-0.4, -0.2) is 32.6 Å². The SMILES string of the molecule is CC(C)(OC1CCCCO1)c1ccccc1CC[C@@H](OS(C)(=O)=O)c1cccc(/C=C/c2ccc3ccc(Cl)cc3n2)c1. The fourth-order valence-corrected chi connectivity index (χ4v) is 6.33. The molecule has 0 radical (unpaired) electrons. The normalized spacial score (nSPS) is 17.0. The third-order valence-electron chi connectivity index (χ3n) is 7.60. The molecule has 1 aliphatic rings. The standard InChI is InChI=1S/C35H38ClNO5S/c1-35(2,41-34-13-6-7-22-40-34)31-12-5-4-10-26(31)17-21-33(42-43(3,38)39)28-11-8-9-25(23-28)14-19-30-20-16-27-15-18-29(36)24-32(27)37-30/h4-5,8-12,14-16,18-20,23-24,33-34H,6-7,13,17,21-22H2,1-3H3/b19-14+/t33-,34?/m1/s1. The quantitative estimate of drug-likeness (QED) is 0.157. The van der Waals surface area contributed by atoms with E-state index in [-0.39, 0.29) is 6.29 Å². The van der Waals surface area contributed by atoms with Crippen LogP contribution in [0.25, 0.3) is 23.1 Å². The van der Waals surface area contributed by atoms with Crippen LogP contribution in [0.3, 0.4) is 0 Å². The second kappa shape index (κ2) is 13.7. The maximum atomic E-state index is 12.3. The maximum absolute atomic E-state index is 12.3. The van der Waals surface area contributed by atoms with Gasteiger partial charge in [-0.15, -0.1) is 0 Å². The fourth-order valence-electron chi connectivity index (χ4n) is 5.53. The summed E-state index contributed by atoms with van der Waals surface area (Å²) in [7, 11) is -3.71. The summed E-state index contributed by atoms with van der Waals surface area (Å²) in [6.07, 6.45) is 8.23. The fraction of sp³-hybridized carbons (Fsp3) is 0.343. The van der Waals surface area contributed by atoms with E-state index in [1.54, 1.807) is 0 Å². The zero-order chi connectivity index (χ0) is 30.5. The molecule has 2 heterocycles. The van der Waals surface area contributed by atoms with Crippen LogP contribution in [0.2, 0.25) is 5.02 Å². The smallest absolute Gasteiger partial charge is 0.264 e. The number of fused-ring (bicyclic) bond motifs is 1. The molecule has 0 N–H and O–H groups in total. The van der Waals surface area contributed by atoms with Crippen LogP contribution in [-0.2, 0) is 35.8 Å². The first kappa shape index (κ1) is 31.4. The summed E-state index contributed by atoms with van der Waals surface area (Å²) in [5, 5.41) is 1.66. The van der Waals surface area contributed by atoms with Crippen LogP contribution in [0, 0.1) is 0 Å². The second-order valence-corrected chi connectivity index (χ2v) is 13.5. The Morgan fingerprint density at radius 3 is 2.63 bits per heavy atom. The minimum Gasteiger partial charge on any atom is -0.353 e. The zero-order valence-electron chi connectivity index (χ0n) is 24.8. The van der Waals surface area contributed by atoms with Crippen LogP contribution in [0.1, 0.15) is 73.6 Å². The molecule has 0 aliphatic carbocycles. The summed E-state index contributed by atoms with van der Waals surface area (Å²) < 4.78 is 42.5. The molecule has 5 rings (SSSR count). The van der Waals surface area contributed by atoms with Gasteiger partial charge in [-0.05, 0) is 98.5 Å². The van der Waals surface area contributed by atoms with Crippen molar-refractivity contribution in [3.05, 3.63) is 112 Å². The van der Waals surface area contributed by atoms with Gasteiger partial charge in [-0.2, -0.15) is 8.42 Å². The van der Waals surface area contributed by atoms with Gasteiger partial charge in [0, 0.05) is 17.0 Å². The van der Waals surface area contributed by atoms with Crippen molar-refractivity contribution in [2.75, 3.05) is 12.9 Å². The molecular weight excluding hydrogens is 582 g/mol. The molecule has 0 saturated carbocycles. The minimum absolute atomic E-state index is 0.225. The molecule has 0 amide bonds. The molecule has 4 aromatic rings. The summed E-state index contributed by atoms with van der Waals surface area (Å²) in [4.78, 5) is 4.69. The lowest BCUT2D eigenvalue weighted by Gasteiger charge is -2.34. The molecule has 0 spiro atoms. The number of benzene rings is 3. The minimum atomic E-state index is -3.71. The average Bonchev–Trinajstić information content (AvgIpc) is 2.98. The van der Waals surface area contributed by atoms with E-state index in [2.05, 4.69) is 26.0 Å². The number of hydrogen-bond acceptors (Lipinski definition) is 6. The maximum Gasteiger partial charge on any atom is 0.264 e. The summed E-state index contributed by atoms with van der Waals surface area (Å²) in [5.74, 6) is 0. The molecule has 0 bridgehead atoms. The van der Waals surface area contributed by atoms with Gasteiger partial charge < -0.3 is 9.47 Å². The van der Waals surface area contributed by atoms with Crippen molar-refractivity contribution in [2.45, 2.75) is 63.9 Å². The summed E-state index contributed by atoms with van der Waals surface area (Å²) in [6, 6.07) is 25.5. The highest BCUT2D eigenvalue weighted by atomic mass is 35.5. The number of rotatable bonds is 11. The molecule has 3 aromatic carbocycles. The van der Waals surface area contributed by atoms with E-state index in [1.807, 2.05) is 78.9 Å². The third kappa shape index (κ3) is 8.74. The molecule has 1 unspecified atom stereocenters. The van der Waals surface area contributed by atoms with Crippen molar-refractivity contribution < 1.29 is 22.1 Å². The molecule has 6 nitrogen and oxygen atoms in total. The van der Waals surface area contributed by atoms with E-state index in [0.29, 0.717) is 17.9 Å². The largest absolute Gasteiger partial charge is 0.353 e. The van der Waals surface area contributed by atoms with Crippen molar-refractivity contribution in [2.24, 2.45) is 0 Å². The Kier molecular flexibility index (Phi) is 9.99. The number of ether oxygens (including phenoxy) is 2. The van der Waals surface area contributed by atoms with Gasteiger partial charge in [-0.3, -0.25) is 4.18 Å². The predicted octanol–water partition coefficient (Wildman–Crippen LogP) is 8.49. The number of aryl methyl sites for hydroxylation is 1. The number of aromatic nitrogens is 1. The van der Waals surface area contributed by atoms with Gasteiger partial charge in [0.2, 0.25) is 0 Å². The van der Waals surface area contributed by atoms with Gasteiger partial charge in [-0.25, -0.2) is 4.98 Å². The zero-order valence-corrected chi connectivity index (χ0v) is 26.4. The molecule has 1 aromatic heterocycles. The van der Waals surface area contributed by atoms with E-state index in [1.165, 1.54) is 0 Å². The van der Waals surface area contributed by atoms with Crippen LogP contribution in [0.5, 0.6) is 0 Å². The van der Waals surface area contributed by atoms with Crippen molar-refractivity contribution in [1.82, 2.24) is 4.98 Å². The molecule has 1 fully saturated rings. The van der Waals surface area contributed by atoms with Crippen LogP contribution < -0.4 is 0 Å². The molecule has 1 saturated heterocycles. The highest BCUT2D eigenvalue weighted by molar-refractivity contribution is 7.86. The van der Waals surface area contributed by atoms with Crippen LogP contribution in [0.4, 0.5) is 0 Å². The van der Waals surface area contributed by atoms with E-state index in [4.69, 9.17) is 30.2 Å². The molecule has 8 heteroatoms. The Morgan fingerprint density at radius 1 is 1.02 bits per heavy atom. The third-order valence-corrected chi connectivity index (χ3v) is 8.42. The highest BCUT2D eigenvalue weighted by Gasteiger charge is 2.30. The number of pyridine rings is 1. The first-order chi connectivity index (χ1) is 20.6. The van der Waals surface area contributed by atoms with Gasteiger partial charge in [0.1, 0.15) is 6.10 Å². The lowest BCUT2D eigenvalue weighted by Crippen LogP contribution is -2.33. The van der Waals surface area contributed by atoms with Gasteiger partial charge in [0.05, 0.1) is 23.1 Å². The Hall–Kier alpha value is -3.07. The molecule has 226 valence electrons. The van der Waals surface area contributed by atoms with Crippen molar-refractivity contribution in [1.29, 1.82) is 0 Å². The topological polar surface area (TPSA) is 74.7 Å². The summed E-state index contributed by atoms with van der Waals surface area (Å²) >= 11 is 6.15. The molecule has 1 aliphatic heterocycles. The number of hydrogen-bond donors (Lipinski definition) is 0. The predicted molar refractivity (Wildman–Crippen MR) is 173 cm³/mol. The molecule has 43 heavy (non-hydrogen) atoms. The van der Waals surface area contributed by atoms with Gasteiger partial charge in [0.25, 0.3) is 10.1 Å². The monoisotopic (exact) mass is 619 g/mol. The Morgan fingerprint density at radius 2 is 1.84 bits per heavy atom. The highest BCUT2D eigenvalue weighted by Crippen LogP contribution is 2.34. The second-order valence-electron chi connectivity index (χ2n) is 11.5. The first-order valence-electron chi connectivity index (χ1n) is 14.7. The van der Waals surface area contributed by atoms with Gasteiger partial charge in [0.15, 0.2) is 6.29 Å².